The highest BCUT2D eigenvalue weighted by molar-refractivity contribution is 7.21. The fraction of sp³-hybridized carbons (Fsp3) is 0.531. The Bertz CT molecular complexity index is 1750. The van der Waals surface area contributed by atoms with Crippen LogP contribution in [0, 0.1) is 12.8 Å². The zero-order valence-electron chi connectivity index (χ0n) is 26.7. The van der Waals surface area contributed by atoms with Gasteiger partial charge in [-0.05, 0) is 45.1 Å². The van der Waals surface area contributed by atoms with Crippen LogP contribution in [0.25, 0.3) is 15.2 Å². The molecule has 45 heavy (non-hydrogen) atoms. The molecule has 1 aliphatic rings. The topological polar surface area (TPSA) is 132 Å². The molecule has 1 fully saturated rings. The van der Waals surface area contributed by atoms with Gasteiger partial charge in [0, 0.05) is 30.9 Å². The molecule has 2 atom stereocenters. The minimum atomic E-state index is -1.45. The van der Waals surface area contributed by atoms with Gasteiger partial charge in [0.1, 0.15) is 27.2 Å². The number of hydrogen-bond acceptors (Lipinski definition) is 9. The summed E-state index contributed by atoms with van der Waals surface area (Å²) < 4.78 is 20.7. The average molecular weight is 639 g/mol. The van der Waals surface area contributed by atoms with Crippen LogP contribution in [0.2, 0.25) is 0 Å². The van der Waals surface area contributed by atoms with Crippen LogP contribution in [-0.2, 0) is 26.4 Å². The fourth-order valence-electron chi connectivity index (χ4n) is 5.71. The van der Waals surface area contributed by atoms with Gasteiger partial charge in [0.25, 0.3) is 5.56 Å². The summed E-state index contributed by atoms with van der Waals surface area (Å²) in [6.45, 7) is 10.9. The molecule has 13 heteroatoms. The van der Waals surface area contributed by atoms with Gasteiger partial charge in [0.05, 0.1) is 37.5 Å². The third-order valence-corrected chi connectivity index (χ3v) is 9.77. The van der Waals surface area contributed by atoms with Crippen LogP contribution in [0.15, 0.2) is 46.2 Å². The molecule has 0 bridgehead atoms. The zero-order valence-corrected chi connectivity index (χ0v) is 27.6. The molecule has 242 valence electrons. The first-order chi connectivity index (χ1) is 21.6. The largest absolute Gasteiger partial charge is 0.496 e. The summed E-state index contributed by atoms with van der Waals surface area (Å²) in [7, 11) is 1.60. The van der Waals surface area contributed by atoms with Gasteiger partial charge in [0.2, 0.25) is 5.91 Å². The van der Waals surface area contributed by atoms with E-state index in [-0.39, 0.29) is 30.9 Å². The molecule has 3 aromatic heterocycles. The number of thiophene rings is 1. The molecule has 0 aliphatic carbocycles. The lowest BCUT2D eigenvalue weighted by molar-refractivity contribution is -0.129. The molecule has 0 radical (unpaired) electrons. The number of amides is 1. The first kappa shape index (κ1) is 32.6. The van der Waals surface area contributed by atoms with E-state index in [1.807, 2.05) is 45.0 Å². The van der Waals surface area contributed by atoms with E-state index < -0.39 is 22.9 Å². The number of benzene rings is 1. The van der Waals surface area contributed by atoms with Crippen LogP contribution in [-0.4, -0.2) is 63.0 Å². The molecule has 1 aromatic carbocycles. The minimum absolute atomic E-state index is 0.0761. The number of fused-ring (bicyclic) bond motifs is 1. The van der Waals surface area contributed by atoms with Crippen molar-refractivity contribution >= 4 is 27.5 Å². The lowest BCUT2D eigenvalue weighted by Crippen LogP contribution is -2.57. The van der Waals surface area contributed by atoms with Crippen LogP contribution in [0.5, 0.6) is 5.75 Å². The molecule has 0 saturated carbocycles. The predicted molar refractivity (Wildman–Crippen MR) is 172 cm³/mol. The van der Waals surface area contributed by atoms with Crippen LogP contribution < -0.4 is 21.3 Å². The summed E-state index contributed by atoms with van der Waals surface area (Å²) in [5, 5.41) is 12.5. The highest BCUT2D eigenvalue weighted by Gasteiger charge is 2.39. The average Bonchev–Trinajstić information content (AvgIpc) is 3.69. The van der Waals surface area contributed by atoms with Crippen molar-refractivity contribution in [1.29, 1.82) is 0 Å². The number of nitrogens with zero attached hydrogens (tertiary/aromatic N) is 5. The number of para-hydroxylation sites is 1. The lowest BCUT2D eigenvalue weighted by atomic mass is 9.96. The van der Waals surface area contributed by atoms with Gasteiger partial charge in [-0.15, -0.1) is 4.80 Å². The number of rotatable bonds is 12. The van der Waals surface area contributed by atoms with Crippen LogP contribution in [0.4, 0.5) is 0 Å². The van der Waals surface area contributed by atoms with Gasteiger partial charge >= 0.3 is 5.69 Å². The molecule has 0 spiro atoms. The fourth-order valence-corrected chi connectivity index (χ4v) is 6.93. The number of ether oxygens (including phenoxy) is 3. The molecular formula is C32H42N6O6S. The standard InChI is InChI=1S/C32H42N6O6S/c1-7-32(5,30(40)33-18-20(2)3)37-27(39)26-21(4)28(38-34-14-15-35-38)45-29(26)36(31(37)41)19-25(44-22-12-16-43-17-13-22)23-10-8-9-11-24(23)42-6/h8-11,14-15,20,22,25H,7,12-13,16-19H2,1-6H3,(H,33,40)/t25-,32?/m0/s1. The zero-order chi connectivity index (χ0) is 32.3. The first-order valence-corrected chi connectivity index (χ1v) is 16.2. The van der Waals surface area contributed by atoms with Crippen LogP contribution in [0.1, 0.15) is 64.2 Å². The van der Waals surface area contributed by atoms with Crippen molar-refractivity contribution in [3.8, 4) is 10.8 Å². The second-order valence-electron chi connectivity index (χ2n) is 12.0. The maximum atomic E-state index is 14.7. The molecule has 1 saturated heterocycles. The lowest BCUT2D eigenvalue weighted by Gasteiger charge is -2.31. The molecule has 5 rings (SSSR count). The third-order valence-electron chi connectivity index (χ3n) is 8.49. The Morgan fingerprint density at radius 3 is 2.51 bits per heavy atom. The molecule has 1 amide bonds. The number of aryl methyl sites for hydroxylation is 1. The van der Waals surface area contributed by atoms with E-state index in [1.54, 1.807) is 37.9 Å². The normalized spacial score (nSPS) is 16.2. The Labute approximate surface area is 265 Å². The molecule has 1 unspecified atom stereocenters. The van der Waals surface area contributed by atoms with Crippen molar-refractivity contribution in [2.75, 3.05) is 26.9 Å². The quantitative estimate of drug-likeness (QED) is 0.247. The summed E-state index contributed by atoms with van der Waals surface area (Å²) in [4.78, 5) is 44.7. The second kappa shape index (κ2) is 13.7. The Kier molecular flexibility index (Phi) is 9.90. The number of methoxy groups -OCH3 is 1. The van der Waals surface area contributed by atoms with Gasteiger partial charge in [-0.3, -0.25) is 14.2 Å². The summed E-state index contributed by atoms with van der Waals surface area (Å²) >= 11 is 1.26. The number of carbonyl (C=O) groups is 1. The Morgan fingerprint density at radius 2 is 1.87 bits per heavy atom. The summed E-state index contributed by atoms with van der Waals surface area (Å²) in [5.74, 6) is 0.436. The summed E-state index contributed by atoms with van der Waals surface area (Å²) in [5.41, 5.74) is -1.16. The Balaban J connectivity index is 1.75. The van der Waals surface area contributed by atoms with E-state index >= 15 is 0 Å². The maximum absolute atomic E-state index is 14.7. The predicted octanol–water partition coefficient (Wildman–Crippen LogP) is 3.96. The van der Waals surface area contributed by atoms with E-state index in [0.717, 1.165) is 10.1 Å². The van der Waals surface area contributed by atoms with Crippen molar-refractivity contribution in [3.05, 3.63) is 68.6 Å². The number of hydrogen-bond donors (Lipinski definition) is 1. The van der Waals surface area contributed by atoms with Gasteiger partial charge in [-0.25, -0.2) is 9.36 Å². The van der Waals surface area contributed by atoms with Crippen molar-refractivity contribution in [2.24, 2.45) is 5.92 Å². The summed E-state index contributed by atoms with van der Waals surface area (Å²) in [6, 6.07) is 7.57. The second-order valence-corrected chi connectivity index (χ2v) is 13.0. The smallest absolute Gasteiger partial charge is 0.333 e. The van der Waals surface area contributed by atoms with Crippen molar-refractivity contribution in [2.45, 2.75) is 78.2 Å². The first-order valence-electron chi connectivity index (χ1n) is 15.4. The molecule has 1 N–H and O–H groups in total. The Hall–Kier alpha value is -3.81. The van der Waals surface area contributed by atoms with E-state index in [1.165, 1.54) is 16.1 Å². The highest BCUT2D eigenvalue weighted by atomic mass is 32.1. The van der Waals surface area contributed by atoms with Gasteiger partial charge in [-0.2, -0.15) is 10.2 Å². The number of carbonyl (C=O) groups excluding carboxylic acids is 1. The maximum Gasteiger partial charge on any atom is 0.333 e. The Morgan fingerprint density at radius 1 is 1.18 bits per heavy atom. The molecule has 1 aliphatic heterocycles. The SMILES string of the molecule is CCC(C)(C(=O)NCC(C)C)n1c(=O)c2c(C)c(-n3nccn3)sc2n(C[C@H](OC2CCOCC2)c2ccccc2OC)c1=O. The van der Waals surface area contributed by atoms with Crippen molar-refractivity contribution in [3.63, 3.8) is 0 Å². The monoisotopic (exact) mass is 638 g/mol. The van der Waals surface area contributed by atoms with E-state index in [9.17, 15) is 14.4 Å². The third kappa shape index (κ3) is 6.34. The van der Waals surface area contributed by atoms with Crippen molar-refractivity contribution < 1.29 is 19.0 Å². The molecule has 12 nitrogen and oxygen atoms in total. The molecule has 4 aromatic rings. The number of aromatic nitrogens is 5. The van der Waals surface area contributed by atoms with Gasteiger partial charge in [0.15, 0.2) is 0 Å². The van der Waals surface area contributed by atoms with E-state index in [4.69, 9.17) is 14.2 Å². The van der Waals surface area contributed by atoms with Gasteiger partial charge < -0.3 is 19.5 Å². The van der Waals surface area contributed by atoms with E-state index in [0.29, 0.717) is 59.1 Å². The molecule has 4 heterocycles. The van der Waals surface area contributed by atoms with Crippen LogP contribution >= 0.6 is 11.3 Å². The van der Waals surface area contributed by atoms with Crippen LogP contribution in [0.3, 0.4) is 0 Å². The highest BCUT2D eigenvalue weighted by Crippen LogP contribution is 2.35. The van der Waals surface area contributed by atoms with Gasteiger partial charge in [-0.1, -0.05) is 50.3 Å². The number of nitrogens with one attached hydrogen (secondary N) is 1. The minimum Gasteiger partial charge on any atom is -0.496 e. The molecular weight excluding hydrogens is 596 g/mol. The summed E-state index contributed by atoms with van der Waals surface area (Å²) in [6.07, 6.45) is 4.07. The van der Waals surface area contributed by atoms with Crippen molar-refractivity contribution in [1.82, 2.24) is 29.4 Å². The van der Waals surface area contributed by atoms with E-state index in [2.05, 4.69) is 15.5 Å².